The minimum atomic E-state index is -0.771. The van der Waals surface area contributed by atoms with Crippen LogP contribution < -0.4 is 26.5 Å². The standard InChI is InChI=1S/C41H42N4O4.CO2/c1-3-25-13-5-7-21-40(25)42-29-15-9-11-23-17-19-26(35(44-40)31(23)29)33-37(46)34(38(33)47)27-20-18-24-12-10-16-30-32(24)36(27)45-41(43-30)22-8-6-14-28(41)39(48)49-4-2;2-1-3/h9-12,15-20,25,28,42-43,45-46H,3-8,13-14,21-22H2,1-2H3;. The number of aliphatic hydroxyl groups is 1. The number of rotatable bonds is 4. The molecule has 2 fully saturated rings. The predicted molar refractivity (Wildman–Crippen MR) is 199 cm³/mol. The van der Waals surface area contributed by atoms with E-state index in [0.717, 1.165) is 88.9 Å². The van der Waals surface area contributed by atoms with Gasteiger partial charge in [0.1, 0.15) is 17.1 Å². The van der Waals surface area contributed by atoms with Crippen LogP contribution in [-0.2, 0) is 23.9 Å². The van der Waals surface area contributed by atoms with Gasteiger partial charge in [0.25, 0.3) is 0 Å². The summed E-state index contributed by atoms with van der Waals surface area (Å²) in [4.78, 5) is 49.5. The highest BCUT2D eigenvalue weighted by molar-refractivity contribution is 6.52. The summed E-state index contributed by atoms with van der Waals surface area (Å²) in [5, 5.41) is 28.7. The first-order chi connectivity index (χ1) is 25.3. The van der Waals surface area contributed by atoms with E-state index in [0.29, 0.717) is 40.9 Å². The van der Waals surface area contributed by atoms with E-state index in [1.54, 1.807) is 0 Å². The largest absolute Gasteiger partial charge is 0.506 e. The molecule has 9 rings (SSSR count). The van der Waals surface area contributed by atoms with E-state index in [2.05, 4.69) is 41.1 Å². The summed E-state index contributed by atoms with van der Waals surface area (Å²) in [6.45, 7) is 4.39. The van der Waals surface area contributed by atoms with Gasteiger partial charge in [0.15, 0.2) is 0 Å². The van der Waals surface area contributed by atoms with Crippen molar-refractivity contribution in [3.05, 3.63) is 82.6 Å². The normalized spacial score (nSPS) is 26.6. The lowest BCUT2D eigenvalue weighted by molar-refractivity contribution is -0.191. The van der Waals surface area contributed by atoms with E-state index in [4.69, 9.17) is 19.3 Å². The van der Waals surface area contributed by atoms with Gasteiger partial charge in [0.2, 0.25) is 5.78 Å². The number of esters is 1. The Morgan fingerprint density at radius 3 is 2.29 bits per heavy atom. The molecule has 10 nitrogen and oxygen atoms in total. The molecule has 4 atom stereocenters. The Morgan fingerprint density at radius 2 is 1.56 bits per heavy atom. The van der Waals surface area contributed by atoms with Gasteiger partial charge in [0, 0.05) is 38.8 Å². The smallest absolute Gasteiger partial charge is 0.373 e. The van der Waals surface area contributed by atoms with Crippen molar-refractivity contribution < 1.29 is 29.0 Å². The highest BCUT2D eigenvalue weighted by atomic mass is 16.5. The molecule has 4 aromatic carbocycles. The number of hydrogen-bond donors (Lipinski definition) is 4. The third-order valence-corrected chi connectivity index (χ3v) is 11.9. The molecule has 0 amide bonds. The number of Topliss-reactive ketones (excluding diaryl/α,β-unsaturated/α-hetero) is 1. The fourth-order valence-electron chi connectivity index (χ4n) is 9.58. The maximum Gasteiger partial charge on any atom is 0.373 e. The molecule has 4 N–H and O–H groups in total. The number of carbonyl (C=O) groups excluding carboxylic acids is 4. The van der Waals surface area contributed by atoms with Crippen LogP contribution in [0.5, 0.6) is 0 Å². The van der Waals surface area contributed by atoms with Crippen LogP contribution in [0.1, 0.15) is 77.2 Å². The minimum Gasteiger partial charge on any atom is -0.506 e. The van der Waals surface area contributed by atoms with Crippen LogP contribution >= 0.6 is 0 Å². The first kappa shape index (κ1) is 33.7. The Balaban J connectivity index is 0.00000125. The molecule has 2 heterocycles. The summed E-state index contributed by atoms with van der Waals surface area (Å²) in [7, 11) is 0. The SMILES string of the molecule is CCOC(=O)C1CCCCC12Nc1cccc3ccc(C4=C(O)C(=c5ccc6cccc7c6c5=NC5(CCCCC5CC)N7)C4=O)c(c13)N2.O=C=O. The van der Waals surface area contributed by atoms with Crippen LogP contribution in [-0.4, -0.2) is 40.9 Å². The molecule has 2 aliphatic heterocycles. The fraction of sp³-hybridized carbons (Fsp3) is 0.381. The summed E-state index contributed by atoms with van der Waals surface area (Å²) in [6.07, 6.45) is 8.90. The van der Waals surface area contributed by atoms with Crippen LogP contribution in [0.15, 0.2) is 71.4 Å². The Morgan fingerprint density at radius 1 is 0.865 bits per heavy atom. The molecule has 0 radical (unpaired) electrons. The molecule has 5 aliphatic rings. The second kappa shape index (κ2) is 12.9. The number of aliphatic hydroxyl groups excluding tert-OH is 1. The zero-order valence-electron chi connectivity index (χ0n) is 29.4. The van der Waals surface area contributed by atoms with E-state index in [1.807, 2.05) is 49.4 Å². The first-order valence-corrected chi connectivity index (χ1v) is 18.5. The van der Waals surface area contributed by atoms with E-state index < -0.39 is 17.2 Å². The first-order valence-electron chi connectivity index (χ1n) is 18.5. The maximum atomic E-state index is 14.5. The molecule has 266 valence electrons. The number of anilines is 3. The molecule has 2 saturated carbocycles. The quantitative estimate of drug-likeness (QED) is 0.170. The highest BCUT2D eigenvalue weighted by Crippen LogP contribution is 2.50. The topological polar surface area (TPSA) is 146 Å². The lowest BCUT2D eigenvalue weighted by Gasteiger charge is -2.48. The molecule has 52 heavy (non-hydrogen) atoms. The number of allylic oxidation sites excluding steroid dienone is 2. The molecule has 0 aromatic heterocycles. The number of nitrogens with zero attached hydrogens (tertiary/aromatic N) is 1. The number of hydrogen-bond acceptors (Lipinski definition) is 10. The Labute approximate surface area is 301 Å². The van der Waals surface area contributed by atoms with Gasteiger partial charge in [0.05, 0.1) is 34.7 Å². The van der Waals surface area contributed by atoms with Crippen molar-refractivity contribution in [2.24, 2.45) is 16.8 Å². The van der Waals surface area contributed by atoms with Gasteiger partial charge < -0.3 is 25.8 Å². The van der Waals surface area contributed by atoms with Gasteiger partial charge in [-0.15, -0.1) is 0 Å². The molecule has 4 unspecified atom stereocenters. The van der Waals surface area contributed by atoms with Crippen LogP contribution in [0.4, 0.5) is 17.1 Å². The van der Waals surface area contributed by atoms with Gasteiger partial charge in [-0.3, -0.25) is 14.6 Å². The second-order valence-electron chi connectivity index (χ2n) is 14.6. The molecule has 4 aromatic rings. The van der Waals surface area contributed by atoms with Crippen LogP contribution in [0.3, 0.4) is 0 Å². The average molecular weight is 699 g/mol. The van der Waals surface area contributed by atoms with Gasteiger partial charge in [-0.2, -0.15) is 9.59 Å². The summed E-state index contributed by atoms with van der Waals surface area (Å²) < 4.78 is 5.56. The van der Waals surface area contributed by atoms with E-state index in [9.17, 15) is 14.7 Å². The summed E-state index contributed by atoms with van der Waals surface area (Å²) in [6, 6.07) is 20.3. The van der Waals surface area contributed by atoms with Crippen molar-refractivity contribution in [2.45, 2.75) is 83.0 Å². The molecular formula is C42H42N4O6. The number of benzene rings is 4. The van der Waals surface area contributed by atoms with Crippen molar-refractivity contribution in [1.29, 1.82) is 0 Å². The molecule has 3 aliphatic carbocycles. The molecule has 2 spiro atoms. The molecule has 10 heteroatoms. The third-order valence-electron chi connectivity index (χ3n) is 11.9. The van der Waals surface area contributed by atoms with E-state index in [-0.39, 0.29) is 23.7 Å². The Hall–Kier alpha value is -5.47. The lowest BCUT2D eigenvalue weighted by atomic mass is 9.75. The zero-order chi connectivity index (χ0) is 36.2. The lowest BCUT2D eigenvalue weighted by Crippen LogP contribution is -2.58. The third kappa shape index (κ3) is 5.03. The Kier molecular flexibility index (Phi) is 8.38. The number of carbonyl (C=O) groups is 2. The minimum absolute atomic E-state index is 0.00963. The summed E-state index contributed by atoms with van der Waals surface area (Å²) >= 11 is 0. The van der Waals surface area contributed by atoms with Gasteiger partial charge in [-0.25, -0.2) is 0 Å². The monoisotopic (exact) mass is 698 g/mol. The fourth-order valence-corrected chi connectivity index (χ4v) is 9.58. The zero-order valence-corrected chi connectivity index (χ0v) is 29.4. The maximum absolute atomic E-state index is 14.5. The van der Waals surface area contributed by atoms with Crippen molar-refractivity contribution in [3.63, 3.8) is 0 Å². The number of nitrogens with one attached hydrogen (secondary N) is 3. The predicted octanol–water partition coefficient (Wildman–Crippen LogP) is 6.74. The second-order valence-corrected chi connectivity index (χ2v) is 14.6. The van der Waals surface area contributed by atoms with Crippen molar-refractivity contribution >= 4 is 67.7 Å². The Bertz CT molecular complexity index is 2360. The van der Waals surface area contributed by atoms with Crippen molar-refractivity contribution in [2.75, 3.05) is 22.6 Å². The summed E-state index contributed by atoms with van der Waals surface area (Å²) in [5.41, 5.74) is 2.76. The van der Waals surface area contributed by atoms with E-state index in [1.165, 1.54) is 6.42 Å². The van der Waals surface area contributed by atoms with Crippen molar-refractivity contribution in [1.82, 2.24) is 0 Å². The van der Waals surface area contributed by atoms with Crippen LogP contribution in [0, 0.1) is 11.8 Å². The highest BCUT2D eigenvalue weighted by Gasteiger charge is 2.49. The number of ketones is 1. The van der Waals surface area contributed by atoms with Crippen LogP contribution in [0.2, 0.25) is 0 Å². The molecular weight excluding hydrogens is 656 g/mol. The van der Waals surface area contributed by atoms with Crippen molar-refractivity contribution in [3.8, 4) is 0 Å². The molecule has 0 bridgehead atoms. The average Bonchev–Trinajstić information content (AvgIpc) is 3.14. The van der Waals surface area contributed by atoms with Gasteiger partial charge >= 0.3 is 12.1 Å². The van der Waals surface area contributed by atoms with Gasteiger partial charge in [-0.1, -0.05) is 68.3 Å². The van der Waals surface area contributed by atoms with E-state index >= 15 is 0 Å². The molecule has 0 saturated heterocycles. The van der Waals surface area contributed by atoms with Crippen LogP contribution in [0.25, 0.3) is 32.7 Å². The number of ether oxygens (including phenoxy) is 1. The van der Waals surface area contributed by atoms with Gasteiger partial charge in [-0.05, 0) is 74.8 Å². The summed E-state index contributed by atoms with van der Waals surface area (Å²) in [5.74, 6) is -0.461.